The number of piperazine rings is 1. The topological polar surface area (TPSA) is 60.9 Å². The van der Waals surface area contributed by atoms with Gasteiger partial charge in [0.15, 0.2) is 11.6 Å². The van der Waals surface area contributed by atoms with Gasteiger partial charge in [0.2, 0.25) is 11.8 Å². The lowest BCUT2D eigenvalue weighted by atomic mass is 10.1. The van der Waals surface area contributed by atoms with E-state index in [2.05, 4.69) is 0 Å². The molecule has 1 atom stereocenters. The number of phenols is 1. The van der Waals surface area contributed by atoms with Crippen molar-refractivity contribution < 1.29 is 19.1 Å². The van der Waals surface area contributed by atoms with Crippen LogP contribution in [0.1, 0.15) is 18.1 Å². The minimum absolute atomic E-state index is 0.00545. The molecule has 5 nitrogen and oxygen atoms in total. The molecule has 1 saturated heterocycles. The summed E-state index contributed by atoms with van der Waals surface area (Å²) < 4.78 is 13.4. The normalized spacial score (nSPS) is 17.5. The van der Waals surface area contributed by atoms with Gasteiger partial charge in [-0.2, -0.15) is 0 Å². The second-order valence-corrected chi connectivity index (χ2v) is 6.68. The van der Waals surface area contributed by atoms with Crippen LogP contribution in [-0.4, -0.2) is 41.0 Å². The molecule has 3 rings (SSSR count). The Morgan fingerprint density at radius 3 is 2.73 bits per heavy atom. The molecule has 0 spiro atoms. The molecule has 0 aromatic heterocycles. The number of hydrogen-bond donors (Lipinski definition) is 1. The predicted molar refractivity (Wildman–Crippen MR) is 96.5 cm³/mol. The smallest absolute Gasteiger partial charge is 0.246 e. The van der Waals surface area contributed by atoms with Crippen LogP contribution < -0.4 is 4.90 Å². The average Bonchev–Trinajstić information content (AvgIpc) is 2.59. The molecule has 2 amide bonds. The van der Waals surface area contributed by atoms with E-state index in [9.17, 15) is 19.1 Å². The zero-order valence-electron chi connectivity index (χ0n) is 14.8. The maximum atomic E-state index is 13.4. The Balaban J connectivity index is 1.71. The molecule has 26 heavy (non-hydrogen) atoms. The number of benzene rings is 2. The predicted octanol–water partition coefficient (Wildman–Crippen LogP) is 2.65. The van der Waals surface area contributed by atoms with Gasteiger partial charge in [0.05, 0.1) is 6.42 Å². The minimum atomic E-state index is -0.760. The molecule has 0 saturated carbocycles. The number of hydrogen-bond acceptors (Lipinski definition) is 3. The summed E-state index contributed by atoms with van der Waals surface area (Å²) >= 11 is 0. The number of carbonyl (C=O) groups is 2. The third kappa shape index (κ3) is 3.69. The van der Waals surface area contributed by atoms with Crippen LogP contribution in [-0.2, 0) is 16.0 Å². The number of phenolic OH excluding ortho intramolecular Hbond substituents is 1. The fraction of sp³-hybridized carbons (Fsp3) is 0.300. The molecule has 0 radical (unpaired) electrons. The first-order valence-corrected chi connectivity index (χ1v) is 8.49. The van der Waals surface area contributed by atoms with Crippen LogP contribution in [0.15, 0.2) is 42.5 Å². The first kappa shape index (κ1) is 17.9. The zero-order valence-corrected chi connectivity index (χ0v) is 14.8. The van der Waals surface area contributed by atoms with Crippen LogP contribution in [0.3, 0.4) is 0 Å². The molecule has 0 unspecified atom stereocenters. The maximum Gasteiger partial charge on any atom is 0.246 e. The van der Waals surface area contributed by atoms with Crippen molar-refractivity contribution in [3.63, 3.8) is 0 Å². The molecule has 0 bridgehead atoms. The number of anilines is 1. The van der Waals surface area contributed by atoms with Gasteiger partial charge < -0.3 is 14.9 Å². The van der Waals surface area contributed by atoms with E-state index < -0.39 is 11.6 Å². The summed E-state index contributed by atoms with van der Waals surface area (Å²) in [4.78, 5) is 28.4. The van der Waals surface area contributed by atoms with Crippen molar-refractivity contribution in [3.05, 3.63) is 59.4 Å². The van der Waals surface area contributed by atoms with Gasteiger partial charge in [0.25, 0.3) is 0 Å². The van der Waals surface area contributed by atoms with E-state index in [1.165, 1.54) is 17.0 Å². The SMILES string of the molecule is Cc1cccc(N2C[C@H](C)N(C(=O)Cc3ccc(O)c(F)c3)CC2=O)c1. The van der Waals surface area contributed by atoms with Gasteiger partial charge in [0, 0.05) is 18.3 Å². The summed E-state index contributed by atoms with van der Waals surface area (Å²) in [5, 5.41) is 9.24. The average molecular weight is 356 g/mol. The lowest BCUT2D eigenvalue weighted by Crippen LogP contribution is -2.57. The number of halogens is 1. The molecule has 6 heteroatoms. The quantitative estimate of drug-likeness (QED) is 0.920. The van der Waals surface area contributed by atoms with Crippen LogP contribution in [0.25, 0.3) is 0 Å². The molecule has 136 valence electrons. The van der Waals surface area contributed by atoms with Crippen LogP contribution in [0, 0.1) is 12.7 Å². The Kier molecular flexibility index (Phi) is 4.93. The Morgan fingerprint density at radius 2 is 2.04 bits per heavy atom. The summed E-state index contributed by atoms with van der Waals surface area (Å²) in [6, 6.07) is 11.4. The van der Waals surface area contributed by atoms with Gasteiger partial charge in [-0.15, -0.1) is 0 Å². The second kappa shape index (κ2) is 7.15. The van der Waals surface area contributed by atoms with Crippen LogP contribution in [0.4, 0.5) is 10.1 Å². The molecule has 0 aliphatic carbocycles. The van der Waals surface area contributed by atoms with Gasteiger partial charge in [-0.25, -0.2) is 4.39 Å². The highest BCUT2D eigenvalue weighted by Gasteiger charge is 2.33. The van der Waals surface area contributed by atoms with E-state index >= 15 is 0 Å². The molecular weight excluding hydrogens is 335 g/mol. The molecule has 2 aromatic carbocycles. The number of rotatable bonds is 3. The van der Waals surface area contributed by atoms with E-state index in [1.54, 1.807) is 4.90 Å². The van der Waals surface area contributed by atoms with Crippen molar-refractivity contribution in [3.8, 4) is 5.75 Å². The first-order chi connectivity index (χ1) is 12.3. The summed E-state index contributed by atoms with van der Waals surface area (Å²) in [6.07, 6.45) is -0.0146. The van der Waals surface area contributed by atoms with Crippen molar-refractivity contribution in [1.29, 1.82) is 0 Å². The molecule has 1 N–H and O–H groups in total. The highest BCUT2D eigenvalue weighted by Crippen LogP contribution is 2.22. The number of aryl methyl sites for hydroxylation is 1. The molecule has 1 aliphatic rings. The Morgan fingerprint density at radius 1 is 1.27 bits per heavy atom. The Hall–Kier alpha value is -2.89. The third-order valence-electron chi connectivity index (χ3n) is 4.59. The lowest BCUT2D eigenvalue weighted by Gasteiger charge is -2.39. The van der Waals surface area contributed by atoms with E-state index in [-0.39, 0.29) is 30.8 Å². The van der Waals surface area contributed by atoms with Crippen molar-refractivity contribution >= 4 is 17.5 Å². The minimum Gasteiger partial charge on any atom is -0.505 e. The summed E-state index contributed by atoms with van der Waals surface area (Å²) in [6.45, 7) is 4.27. The molecular formula is C20H21FN2O3. The largest absolute Gasteiger partial charge is 0.505 e. The van der Waals surface area contributed by atoms with Gasteiger partial charge >= 0.3 is 0 Å². The Labute approximate surface area is 151 Å². The summed E-state index contributed by atoms with van der Waals surface area (Å²) in [5.41, 5.74) is 2.36. The number of amides is 2. The highest BCUT2D eigenvalue weighted by molar-refractivity contribution is 5.98. The fourth-order valence-electron chi connectivity index (χ4n) is 3.17. The fourth-order valence-corrected chi connectivity index (χ4v) is 3.17. The lowest BCUT2D eigenvalue weighted by molar-refractivity contribution is -0.138. The highest BCUT2D eigenvalue weighted by atomic mass is 19.1. The summed E-state index contributed by atoms with van der Waals surface area (Å²) in [7, 11) is 0. The van der Waals surface area contributed by atoms with Gasteiger partial charge in [-0.1, -0.05) is 18.2 Å². The summed E-state index contributed by atoms with van der Waals surface area (Å²) in [5.74, 6) is -1.58. The van der Waals surface area contributed by atoms with Crippen LogP contribution in [0.5, 0.6) is 5.75 Å². The number of nitrogens with zero attached hydrogens (tertiary/aromatic N) is 2. The molecule has 1 heterocycles. The zero-order chi connectivity index (χ0) is 18.8. The van der Waals surface area contributed by atoms with Gasteiger partial charge in [-0.3, -0.25) is 9.59 Å². The first-order valence-electron chi connectivity index (χ1n) is 8.49. The van der Waals surface area contributed by atoms with Crippen LogP contribution in [0.2, 0.25) is 0 Å². The number of aromatic hydroxyl groups is 1. The standard InChI is InChI=1S/C20H21FN2O3/c1-13-4-3-5-16(8-13)23-11-14(2)22(12-20(23)26)19(25)10-15-6-7-18(24)17(21)9-15/h3-9,14,24H,10-12H2,1-2H3/t14-/m0/s1. The second-order valence-electron chi connectivity index (χ2n) is 6.68. The van der Waals surface area contributed by atoms with Crippen molar-refractivity contribution in [2.24, 2.45) is 0 Å². The monoisotopic (exact) mass is 356 g/mol. The molecule has 1 fully saturated rings. The van der Waals surface area contributed by atoms with Crippen LogP contribution >= 0.6 is 0 Å². The van der Waals surface area contributed by atoms with E-state index in [0.29, 0.717) is 12.1 Å². The van der Waals surface area contributed by atoms with E-state index in [0.717, 1.165) is 17.3 Å². The van der Waals surface area contributed by atoms with E-state index in [1.807, 2.05) is 38.1 Å². The van der Waals surface area contributed by atoms with Crippen molar-refractivity contribution in [2.45, 2.75) is 26.3 Å². The number of carbonyl (C=O) groups excluding carboxylic acids is 2. The maximum absolute atomic E-state index is 13.4. The third-order valence-corrected chi connectivity index (χ3v) is 4.59. The molecule has 1 aliphatic heterocycles. The van der Waals surface area contributed by atoms with Crippen molar-refractivity contribution in [2.75, 3.05) is 18.0 Å². The Bertz CT molecular complexity index is 853. The van der Waals surface area contributed by atoms with E-state index in [4.69, 9.17) is 0 Å². The van der Waals surface area contributed by atoms with Gasteiger partial charge in [0.1, 0.15) is 6.54 Å². The van der Waals surface area contributed by atoms with Crippen molar-refractivity contribution in [1.82, 2.24) is 4.90 Å². The van der Waals surface area contributed by atoms with Gasteiger partial charge in [-0.05, 0) is 49.2 Å². The molecule has 2 aromatic rings.